The molecule has 1 aliphatic carbocycles. The lowest BCUT2D eigenvalue weighted by molar-refractivity contribution is -0.144. The molecule has 1 atom stereocenters. The van der Waals surface area contributed by atoms with Crippen molar-refractivity contribution in [2.75, 3.05) is 33.7 Å². The van der Waals surface area contributed by atoms with Crippen molar-refractivity contribution in [2.45, 2.75) is 39.0 Å². The third-order valence-electron chi connectivity index (χ3n) is 4.00. The SMILES string of the molecule is CC(CN(CCN(C)C)C(=O)C1CCCCC1)C(=O)O. The molecule has 1 amide bonds. The molecule has 5 nitrogen and oxygen atoms in total. The number of aliphatic carboxylic acids is 1. The molecule has 0 bridgehead atoms. The van der Waals surface area contributed by atoms with Gasteiger partial charge in [0.25, 0.3) is 0 Å². The summed E-state index contributed by atoms with van der Waals surface area (Å²) in [4.78, 5) is 27.4. The lowest BCUT2D eigenvalue weighted by Crippen LogP contribution is -2.44. The average molecular weight is 284 g/mol. The molecule has 0 aliphatic heterocycles. The van der Waals surface area contributed by atoms with E-state index in [1.807, 2.05) is 19.0 Å². The van der Waals surface area contributed by atoms with E-state index >= 15 is 0 Å². The van der Waals surface area contributed by atoms with Gasteiger partial charge in [-0.15, -0.1) is 0 Å². The minimum absolute atomic E-state index is 0.104. The predicted molar refractivity (Wildman–Crippen MR) is 78.5 cm³/mol. The van der Waals surface area contributed by atoms with Gasteiger partial charge in [-0.3, -0.25) is 9.59 Å². The maximum Gasteiger partial charge on any atom is 0.308 e. The lowest BCUT2D eigenvalue weighted by Gasteiger charge is -2.31. The second-order valence-electron chi connectivity index (χ2n) is 6.16. The standard InChI is InChI=1S/C15H28N2O3/c1-12(15(19)20)11-17(10-9-16(2)3)14(18)13-7-5-4-6-8-13/h12-13H,4-11H2,1-3H3,(H,19,20). The second-order valence-corrected chi connectivity index (χ2v) is 6.16. The Balaban J connectivity index is 2.63. The molecule has 0 aromatic heterocycles. The summed E-state index contributed by atoms with van der Waals surface area (Å²) in [7, 11) is 3.92. The van der Waals surface area contributed by atoms with Crippen LogP contribution in [0.4, 0.5) is 0 Å². The fourth-order valence-corrected chi connectivity index (χ4v) is 2.63. The topological polar surface area (TPSA) is 60.9 Å². The summed E-state index contributed by atoms with van der Waals surface area (Å²) in [6, 6.07) is 0. The lowest BCUT2D eigenvalue weighted by atomic mass is 9.88. The first kappa shape index (κ1) is 17.0. The van der Waals surface area contributed by atoms with Crippen molar-refractivity contribution >= 4 is 11.9 Å². The Morgan fingerprint density at radius 3 is 2.25 bits per heavy atom. The van der Waals surface area contributed by atoms with Crippen molar-refractivity contribution in [3.05, 3.63) is 0 Å². The van der Waals surface area contributed by atoms with Gasteiger partial charge in [0.2, 0.25) is 5.91 Å². The number of carboxylic acids is 1. The van der Waals surface area contributed by atoms with Crippen molar-refractivity contribution in [1.29, 1.82) is 0 Å². The van der Waals surface area contributed by atoms with E-state index < -0.39 is 11.9 Å². The minimum atomic E-state index is -0.837. The summed E-state index contributed by atoms with van der Waals surface area (Å²) in [5.74, 6) is -1.09. The number of nitrogens with zero attached hydrogens (tertiary/aromatic N) is 2. The van der Waals surface area contributed by atoms with Crippen LogP contribution in [0.25, 0.3) is 0 Å². The summed E-state index contributed by atoms with van der Waals surface area (Å²) in [6.45, 7) is 3.36. The molecule has 0 saturated heterocycles. The van der Waals surface area contributed by atoms with Gasteiger partial charge in [-0.25, -0.2) is 0 Å². The number of likely N-dealkylation sites (N-methyl/N-ethyl adjacent to an activating group) is 1. The fraction of sp³-hybridized carbons (Fsp3) is 0.867. The van der Waals surface area contributed by atoms with Crippen molar-refractivity contribution in [1.82, 2.24) is 9.80 Å². The Bertz CT molecular complexity index is 325. The minimum Gasteiger partial charge on any atom is -0.481 e. The summed E-state index contributed by atoms with van der Waals surface area (Å²) in [5.41, 5.74) is 0. The van der Waals surface area contributed by atoms with Crippen LogP contribution in [0.3, 0.4) is 0 Å². The molecule has 0 aromatic carbocycles. The van der Waals surface area contributed by atoms with Crippen molar-refractivity contribution < 1.29 is 14.7 Å². The molecule has 20 heavy (non-hydrogen) atoms. The average Bonchev–Trinajstić information content (AvgIpc) is 2.43. The monoisotopic (exact) mass is 284 g/mol. The normalized spacial score (nSPS) is 18.0. The molecular weight excluding hydrogens is 256 g/mol. The van der Waals surface area contributed by atoms with Gasteiger partial charge < -0.3 is 14.9 Å². The summed E-state index contributed by atoms with van der Waals surface area (Å²) >= 11 is 0. The van der Waals surface area contributed by atoms with Crippen LogP contribution in [0.1, 0.15) is 39.0 Å². The Kier molecular flexibility index (Phi) is 6.99. The van der Waals surface area contributed by atoms with Crippen LogP contribution < -0.4 is 0 Å². The smallest absolute Gasteiger partial charge is 0.308 e. The summed E-state index contributed by atoms with van der Waals surface area (Å²) < 4.78 is 0. The van der Waals surface area contributed by atoms with E-state index in [-0.39, 0.29) is 11.8 Å². The summed E-state index contributed by atoms with van der Waals surface area (Å²) in [6.07, 6.45) is 5.36. The van der Waals surface area contributed by atoms with Gasteiger partial charge in [0.1, 0.15) is 0 Å². The van der Waals surface area contributed by atoms with Crippen LogP contribution in [0.2, 0.25) is 0 Å². The largest absolute Gasteiger partial charge is 0.481 e. The Morgan fingerprint density at radius 2 is 1.75 bits per heavy atom. The highest BCUT2D eigenvalue weighted by atomic mass is 16.4. The molecule has 0 radical (unpaired) electrons. The maximum absolute atomic E-state index is 12.6. The van der Waals surface area contributed by atoms with E-state index in [2.05, 4.69) is 0 Å². The number of rotatable bonds is 7. The van der Waals surface area contributed by atoms with Crippen LogP contribution in [0.15, 0.2) is 0 Å². The highest BCUT2D eigenvalue weighted by Gasteiger charge is 2.28. The van der Waals surface area contributed by atoms with E-state index in [1.165, 1.54) is 6.42 Å². The van der Waals surface area contributed by atoms with Gasteiger partial charge in [-0.05, 0) is 26.9 Å². The zero-order chi connectivity index (χ0) is 15.1. The van der Waals surface area contributed by atoms with Crippen molar-refractivity contribution in [3.8, 4) is 0 Å². The van der Waals surface area contributed by atoms with Crippen LogP contribution in [-0.4, -0.2) is 60.5 Å². The highest BCUT2D eigenvalue weighted by Crippen LogP contribution is 2.25. The van der Waals surface area contributed by atoms with Crippen LogP contribution >= 0.6 is 0 Å². The molecule has 5 heteroatoms. The van der Waals surface area contributed by atoms with Crippen molar-refractivity contribution in [3.63, 3.8) is 0 Å². The zero-order valence-electron chi connectivity index (χ0n) is 13.0. The van der Waals surface area contributed by atoms with E-state index in [0.29, 0.717) is 13.1 Å². The molecule has 1 saturated carbocycles. The van der Waals surface area contributed by atoms with Gasteiger partial charge in [-0.1, -0.05) is 26.2 Å². The quantitative estimate of drug-likeness (QED) is 0.772. The predicted octanol–water partition coefficient (Wildman–Crippen LogP) is 1.68. The molecule has 0 spiro atoms. The third kappa shape index (κ3) is 5.49. The highest BCUT2D eigenvalue weighted by molar-refractivity contribution is 5.80. The number of carbonyl (C=O) groups is 2. The molecule has 1 aliphatic rings. The Labute approximate surface area is 121 Å². The van der Waals surface area contributed by atoms with Crippen LogP contribution in [-0.2, 0) is 9.59 Å². The van der Waals surface area contributed by atoms with E-state index in [9.17, 15) is 9.59 Å². The zero-order valence-corrected chi connectivity index (χ0v) is 13.0. The number of hydrogen-bond donors (Lipinski definition) is 1. The third-order valence-corrected chi connectivity index (χ3v) is 4.00. The molecule has 116 valence electrons. The van der Waals surface area contributed by atoms with E-state index in [1.54, 1.807) is 11.8 Å². The molecular formula is C15H28N2O3. The summed E-state index contributed by atoms with van der Waals surface area (Å²) in [5, 5.41) is 9.05. The Morgan fingerprint density at radius 1 is 1.15 bits per heavy atom. The Hall–Kier alpha value is -1.10. The number of carboxylic acid groups (broad SMARTS) is 1. The molecule has 0 heterocycles. The fourth-order valence-electron chi connectivity index (χ4n) is 2.63. The van der Waals surface area contributed by atoms with Crippen LogP contribution in [0.5, 0.6) is 0 Å². The first-order valence-corrected chi connectivity index (χ1v) is 7.58. The second kappa shape index (κ2) is 8.25. The van der Waals surface area contributed by atoms with Gasteiger partial charge >= 0.3 is 5.97 Å². The molecule has 1 rings (SSSR count). The maximum atomic E-state index is 12.6. The van der Waals surface area contributed by atoms with Gasteiger partial charge in [0.05, 0.1) is 5.92 Å². The van der Waals surface area contributed by atoms with E-state index in [4.69, 9.17) is 5.11 Å². The van der Waals surface area contributed by atoms with Gasteiger partial charge in [0, 0.05) is 25.6 Å². The first-order valence-electron chi connectivity index (χ1n) is 7.58. The number of hydrogen-bond acceptors (Lipinski definition) is 3. The number of amides is 1. The molecule has 0 aromatic rings. The van der Waals surface area contributed by atoms with Gasteiger partial charge in [-0.2, -0.15) is 0 Å². The first-order chi connectivity index (χ1) is 9.41. The molecule has 1 unspecified atom stereocenters. The number of carbonyl (C=O) groups excluding carboxylic acids is 1. The van der Waals surface area contributed by atoms with Gasteiger partial charge in [0.15, 0.2) is 0 Å². The molecule has 1 N–H and O–H groups in total. The van der Waals surface area contributed by atoms with E-state index in [0.717, 1.165) is 32.2 Å². The van der Waals surface area contributed by atoms with Crippen LogP contribution in [0, 0.1) is 11.8 Å². The molecule has 1 fully saturated rings. The van der Waals surface area contributed by atoms with Crippen molar-refractivity contribution in [2.24, 2.45) is 11.8 Å².